The molecular weight excluding hydrogens is 142 g/mol. The van der Waals surface area contributed by atoms with Gasteiger partial charge in [-0.15, -0.1) is 0 Å². The Bertz CT molecular complexity index is 68.4. The van der Waals surface area contributed by atoms with Gasteiger partial charge in [-0.1, -0.05) is 0 Å². The third-order valence-electron chi connectivity index (χ3n) is 0.615. The molecule has 0 spiro atoms. The van der Waals surface area contributed by atoms with Crippen LogP contribution in [-0.4, -0.2) is 17.5 Å². The molecule has 0 radical (unpaired) electrons. The summed E-state index contributed by atoms with van der Waals surface area (Å²) in [4.78, 5) is 10.4. The molecule has 0 saturated heterocycles. The van der Waals surface area contributed by atoms with Crippen LogP contribution in [0.25, 0.3) is 0 Å². The van der Waals surface area contributed by atoms with Gasteiger partial charge in [-0.3, -0.25) is 4.79 Å². The van der Waals surface area contributed by atoms with Crippen molar-refractivity contribution in [3.05, 3.63) is 0 Å². The zero-order chi connectivity index (χ0) is 6.41. The maximum atomic E-state index is 10.4. The van der Waals surface area contributed by atoms with Crippen LogP contribution in [0.1, 0.15) is 6.42 Å². The summed E-state index contributed by atoms with van der Waals surface area (Å²) < 4.78 is 0. The summed E-state index contributed by atoms with van der Waals surface area (Å²) >= 11 is 7.66. The van der Waals surface area contributed by atoms with Crippen molar-refractivity contribution in [1.82, 2.24) is 5.32 Å². The Hall–Kier alpha value is 0.170. The van der Waals surface area contributed by atoms with Crippen LogP contribution < -0.4 is 5.32 Å². The van der Waals surface area contributed by atoms with Crippen LogP contribution in [0, 0.1) is 0 Å². The van der Waals surface area contributed by atoms with Crippen molar-refractivity contribution in [2.75, 3.05) is 11.6 Å². The molecule has 0 fully saturated rings. The van der Waals surface area contributed by atoms with Crippen molar-refractivity contribution < 1.29 is 4.79 Å². The lowest BCUT2D eigenvalue weighted by molar-refractivity contribution is -0.120. The van der Waals surface area contributed by atoms with Gasteiger partial charge in [0.15, 0.2) is 0 Å². The minimum absolute atomic E-state index is 0.00926. The maximum absolute atomic E-state index is 10.4. The minimum atomic E-state index is 0.00926. The fourth-order valence-electron chi connectivity index (χ4n) is 0.278. The van der Waals surface area contributed by atoms with Gasteiger partial charge in [0.05, 0.1) is 5.88 Å². The molecular formula is C4H9NOS2. The molecule has 0 aromatic heterocycles. The molecule has 0 rings (SSSR count). The predicted molar refractivity (Wildman–Crippen MR) is 40.5 cm³/mol. The molecule has 0 aromatic carbocycles. The average molecular weight is 151 g/mol. The number of hydrogen-bond donors (Lipinski definition) is 3. The van der Waals surface area contributed by atoms with Crippen molar-refractivity contribution in [1.29, 1.82) is 0 Å². The normalized spacial score (nSPS) is 8.75. The number of carbonyl (C=O) groups is 1. The standard InChI is InChI=1S/C4H9NOS2/c6-4(1-2-7)5-3-8/h7-8H,1-3H2,(H,5,6). The number of hydrogen-bond acceptors (Lipinski definition) is 3. The first-order valence-corrected chi connectivity index (χ1v) is 3.56. The quantitative estimate of drug-likeness (QED) is 0.393. The zero-order valence-electron chi connectivity index (χ0n) is 4.42. The lowest BCUT2D eigenvalue weighted by atomic mass is 10.5. The second-order valence-corrected chi connectivity index (χ2v) is 2.00. The first-order valence-electron chi connectivity index (χ1n) is 2.29. The lowest BCUT2D eigenvalue weighted by Gasteiger charge is -1.95. The predicted octanol–water partition coefficient (Wildman–Crippen LogP) is 0.310. The van der Waals surface area contributed by atoms with E-state index in [1.807, 2.05) is 0 Å². The molecule has 0 aliphatic heterocycles. The maximum Gasteiger partial charge on any atom is 0.221 e. The molecule has 4 heteroatoms. The largest absolute Gasteiger partial charge is 0.347 e. The number of rotatable bonds is 3. The van der Waals surface area contributed by atoms with Crippen molar-refractivity contribution in [2.45, 2.75) is 6.42 Å². The SMILES string of the molecule is O=C(CCS)NCS. The second kappa shape index (κ2) is 5.31. The van der Waals surface area contributed by atoms with E-state index in [0.29, 0.717) is 18.1 Å². The zero-order valence-corrected chi connectivity index (χ0v) is 6.21. The van der Waals surface area contributed by atoms with E-state index in [2.05, 4.69) is 30.6 Å². The molecule has 0 aromatic rings. The van der Waals surface area contributed by atoms with Crippen molar-refractivity contribution in [3.63, 3.8) is 0 Å². The van der Waals surface area contributed by atoms with Crippen LogP contribution in [0.4, 0.5) is 0 Å². The van der Waals surface area contributed by atoms with Gasteiger partial charge in [0.25, 0.3) is 0 Å². The van der Waals surface area contributed by atoms with Crippen LogP contribution in [-0.2, 0) is 4.79 Å². The van der Waals surface area contributed by atoms with Gasteiger partial charge in [0.2, 0.25) is 5.91 Å². The third-order valence-corrected chi connectivity index (χ3v) is 0.997. The van der Waals surface area contributed by atoms with Crippen LogP contribution in [0.15, 0.2) is 0 Å². The molecule has 48 valence electrons. The van der Waals surface area contributed by atoms with Gasteiger partial charge in [-0.25, -0.2) is 0 Å². The molecule has 0 bridgehead atoms. The van der Waals surface area contributed by atoms with Crippen molar-refractivity contribution in [2.24, 2.45) is 0 Å². The van der Waals surface area contributed by atoms with Crippen molar-refractivity contribution in [3.8, 4) is 0 Å². The van der Waals surface area contributed by atoms with Crippen molar-refractivity contribution >= 4 is 31.2 Å². The monoisotopic (exact) mass is 151 g/mol. The highest BCUT2D eigenvalue weighted by Gasteiger charge is 1.93. The Morgan fingerprint density at radius 3 is 2.50 bits per heavy atom. The number of thiol groups is 2. The van der Waals surface area contributed by atoms with E-state index in [-0.39, 0.29) is 5.91 Å². The molecule has 0 aliphatic rings. The molecule has 0 unspecified atom stereocenters. The molecule has 0 saturated carbocycles. The summed E-state index contributed by atoms with van der Waals surface area (Å²) in [5.74, 6) is 1.02. The summed E-state index contributed by atoms with van der Waals surface area (Å²) in [6, 6.07) is 0. The Morgan fingerprint density at radius 2 is 2.12 bits per heavy atom. The van der Waals surface area contributed by atoms with Gasteiger partial charge in [-0.05, 0) is 5.75 Å². The van der Waals surface area contributed by atoms with E-state index < -0.39 is 0 Å². The van der Waals surface area contributed by atoms with Gasteiger partial charge in [0.1, 0.15) is 0 Å². The highest BCUT2D eigenvalue weighted by atomic mass is 32.1. The molecule has 0 aliphatic carbocycles. The summed E-state index contributed by atoms with van der Waals surface area (Å²) in [7, 11) is 0. The Kier molecular flexibility index (Phi) is 5.42. The molecule has 8 heavy (non-hydrogen) atoms. The summed E-state index contributed by atoms with van der Waals surface area (Å²) in [5.41, 5.74) is 0. The fourth-order valence-corrected chi connectivity index (χ4v) is 0.658. The Balaban J connectivity index is 3.06. The fraction of sp³-hybridized carbons (Fsp3) is 0.750. The number of carbonyl (C=O) groups excluding carboxylic acids is 1. The Labute approximate surface area is 59.9 Å². The summed E-state index contributed by atoms with van der Waals surface area (Å²) in [6.07, 6.45) is 0.476. The minimum Gasteiger partial charge on any atom is -0.347 e. The molecule has 1 N–H and O–H groups in total. The first-order chi connectivity index (χ1) is 3.81. The topological polar surface area (TPSA) is 29.1 Å². The second-order valence-electron chi connectivity index (χ2n) is 1.23. The van der Waals surface area contributed by atoms with Crippen LogP contribution in [0.5, 0.6) is 0 Å². The Morgan fingerprint density at radius 1 is 1.50 bits per heavy atom. The van der Waals surface area contributed by atoms with E-state index in [1.54, 1.807) is 0 Å². The van der Waals surface area contributed by atoms with Crippen LogP contribution >= 0.6 is 25.3 Å². The van der Waals surface area contributed by atoms with E-state index in [4.69, 9.17) is 0 Å². The van der Waals surface area contributed by atoms with Gasteiger partial charge in [0, 0.05) is 6.42 Å². The van der Waals surface area contributed by atoms with E-state index in [9.17, 15) is 4.79 Å². The molecule has 0 atom stereocenters. The van der Waals surface area contributed by atoms with E-state index in [0.717, 1.165) is 0 Å². The lowest BCUT2D eigenvalue weighted by Crippen LogP contribution is -2.21. The highest BCUT2D eigenvalue weighted by Crippen LogP contribution is 1.82. The van der Waals surface area contributed by atoms with Gasteiger partial charge in [-0.2, -0.15) is 25.3 Å². The summed E-state index contributed by atoms with van der Waals surface area (Å²) in [5, 5.41) is 2.52. The van der Waals surface area contributed by atoms with Gasteiger partial charge >= 0.3 is 0 Å². The summed E-state index contributed by atoms with van der Waals surface area (Å²) in [6.45, 7) is 0. The first kappa shape index (κ1) is 8.17. The number of amides is 1. The highest BCUT2D eigenvalue weighted by molar-refractivity contribution is 7.80. The van der Waals surface area contributed by atoms with E-state index >= 15 is 0 Å². The average Bonchev–Trinajstić information content (AvgIpc) is 1.68. The molecule has 2 nitrogen and oxygen atoms in total. The van der Waals surface area contributed by atoms with Crippen LogP contribution in [0.3, 0.4) is 0 Å². The van der Waals surface area contributed by atoms with Crippen LogP contribution in [0.2, 0.25) is 0 Å². The molecule has 1 amide bonds. The van der Waals surface area contributed by atoms with E-state index in [1.165, 1.54) is 0 Å². The molecule has 0 heterocycles. The van der Waals surface area contributed by atoms with Gasteiger partial charge < -0.3 is 5.32 Å². The number of nitrogens with one attached hydrogen (secondary N) is 1. The third kappa shape index (κ3) is 4.33. The smallest absolute Gasteiger partial charge is 0.221 e.